The van der Waals surface area contributed by atoms with Crippen molar-refractivity contribution in [2.45, 2.75) is 10.9 Å². The van der Waals surface area contributed by atoms with Crippen LogP contribution in [-0.2, 0) is 31.4 Å². The lowest BCUT2D eigenvalue weighted by Crippen LogP contribution is -2.40. The highest BCUT2D eigenvalue weighted by Crippen LogP contribution is 2.33. The molecule has 2 aromatic rings. The van der Waals surface area contributed by atoms with E-state index in [0.717, 1.165) is 30.7 Å². The molecule has 10 nitrogen and oxygen atoms in total. The Hall–Kier alpha value is -2.55. The van der Waals surface area contributed by atoms with E-state index in [0.29, 0.717) is 0 Å². The van der Waals surface area contributed by atoms with Crippen molar-refractivity contribution in [3.63, 3.8) is 0 Å². The summed E-state index contributed by atoms with van der Waals surface area (Å²) in [7, 11) is -6.59. The van der Waals surface area contributed by atoms with Gasteiger partial charge < -0.3 is 14.6 Å². The van der Waals surface area contributed by atoms with Gasteiger partial charge in [0.05, 0.1) is 18.9 Å². The summed E-state index contributed by atoms with van der Waals surface area (Å²) in [5.41, 5.74) is -0.243. The molecule has 1 amide bonds. The van der Waals surface area contributed by atoms with Crippen LogP contribution in [0, 0.1) is 11.6 Å². The molecule has 1 aliphatic rings. The van der Waals surface area contributed by atoms with Crippen LogP contribution in [0.25, 0.3) is 0 Å². The van der Waals surface area contributed by atoms with Crippen LogP contribution in [0.4, 0.5) is 14.5 Å². The number of benzene rings is 1. The third-order valence-corrected chi connectivity index (χ3v) is 6.10. The number of aromatic nitrogens is 1. The Morgan fingerprint density at radius 2 is 2.07 bits per heavy atom. The highest BCUT2D eigenvalue weighted by molar-refractivity contribution is 7.89. The molecule has 2 heterocycles. The van der Waals surface area contributed by atoms with E-state index in [1.54, 1.807) is 0 Å². The lowest BCUT2D eigenvalue weighted by atomic mass is 10.2. The van der Waals surface area contributed by atoms with Gasteiger partial charge in [-0.3, -0.25) is 8.98 Å². The van der Waals surface area contributed by atoms with Crippen molar-refractivity contribution < 1.29 is 39.3 Å². The number of halogens is 2. The van der Waals surface area contributed by atoms with Crippen molar-refractivity contribution in [3.05, 3.63) is 41.7 Å². The van der Waals surface area contributed by atoms with Crippen LogP contribution >= 0.6 is 0 Å². The summed E-state index contributed by atoms with van der Waals surface area (Å²) in [5.74, 6) is -3.36. The van der Waals surface area contributed by atoms with Gasteiger partial charge in [0.2, 0.25) is 10.0 Å². The SMILES string of the molecule is Cn1cc2c(c1C(=O)Nc1ccc(F)c(F)c1)OCC(COS(C)(=O)=O)NS2(=O)=O. The minimum atomic E-state index is -4.18. The van der Waals surface area contributed by atoms with Gasteiger partial charge in [-0.25, -0.2) is 21.9 Å². The van der Waals surface area contributed by atoms with Crippen molar-refractivity contribution in [1.82, 2.24) is 9.29 Å². The van der Waals surface area contributed by atoms with Gasteiger partial charge in [-0.2, -0.15) is 8.42 Å². The van der Waals surface area contributed by atoms with E-state index in [1.807, 2.05) is 0 Å². The van der Waals surface area contributed by atoms with E-state index in [9.17, 15) is 30.4 Å². The molecule has 1 aromatic carbocycles. The molecule has 1 aromatic heterocycles. The maximum Gasteiger partial charge on any atom is 0.276 e. The minimum absolute atomic E-state index is 0.0529. The zero-order valence-corrected chi connectivity index (χ0v) is 17.3. The maximum absolute atomic E-state index is 13.4. The molecule has 2 N–H and O–H groups in total. The summed E-state index contributed by atoms with van der Waals surface area (Å²) >= 11 is 0. The number of amides is 1. The highest BCUT2D eigenvalue weighted by atomic mass is 32.2. The zero-order chi connectivity index (χ0) is 22.3. The van der Waals surface area contributed by atoms with Gasteiger partial charge in [0.1, 0.15) is 11.5 Å². The average Bonchev–Trinajstić information content (AvgIpc) is 2.91. The Morgan fingerprint density at radius 1 is 1.37 bits per heavy atom. The van der Waals surface area contributed by atoms with Gasteiger partial charge >= 0.3 is 0 Å². The summed E-state index contributed by atoms with van der Waals surface area (Å²) < 4.78 is 87.5. The second kappa shape index (κ2) is 7.94. The smallest absolute Gasteiger partial charge is 0.276 e. The number of sulfonamides is 1. The summed E-state index contributed by atoms with van der Waals surface area (Å²) in [6.07, 6.45) is 1.95. The molecular formula is C16H17F2N3O7S2. The lowest BCUT2D eigenvalue weighted by Gasteiger charge is -2.15. The first kappa shape index (κ1) is 22.1. The molecule has 1 atom stereocenters. The number of carbonyl (C=O) groups excluding carboxylic acids is 1. The average molecular weight is 465 g/mol. The van der Waals surface area contributed by atoms with Gasteiger partial charge in [0.15, 0.2) is 23.1 Å². The van der Waals surface area contributed by atoms with Crippen LogP contribution in [0.2, 0.25) is 0 Å². The minimum Gasteiger partial charge on any atom is -0.488 e. The topological polar surface area (TPSA) is 133 Å². The summed E-state index contributed by atoms with van der Waals surface area (Å²) in [5, 5.41) is 2.34. The molecular weight excluding hydrogens is 448 g/mol. The van der Waals surface area contributed by atoms with Crippen molar-refractivity contribution in [2.24, 2.45) is 7.05 Å². The van der Waals surface area contributed by atoms with Crippen molar-refractivity contribution >= 4 is 31.7 Å². The van der Waals surface area contributed by atoms with Crippen LogP contribution in [0.3, 0.4) is 0 Å². The first-order chi connectivity index (χ1) is 13.9. The van der Waals surface area contributed by atoms with Crippen molar-refractivity contribution in [3.8, 4) is 5.75 Å². The van der Waals surface area contributed by atoms with Crippen LogP contribution in [0.15, 0.2) is 29.3 Å². The maximum atomic E-state index is 13.4. The molecule has 1 unspecified atom stereocenters. The molecule has 30 heavy (non-hydrogen) atoms. The summed E-state index contributed by atoms with van der Waals surface area (Å²) in [6.45, 7) is -0.831. The molecule has 164 valence electrons. The van der Waals surface area contributed by atoms with Crippen LogP contribution in [0.5, 0.6) is 5.75 Å². The fraction of sp³-hybridized carbons (Fsp3) is 0.312. The van der Waals surface area contributed by atoms with Crippen LogP contribution in [0.1, 0.15) is 10.5 Å². The number of nitrogens with one attached hydrogen (secondary N) is 2. The molecule has 0 bridgehead atoms. The number of hydrogen-bond acceptors (Lipinski definition) is 7. The Balaban J connectivity index is 1.89. The van der Waals surface area contributed by atoms with E-state index < -0.39 is 50.3 Å². The van der Waals surface area contributed by atoms with Gasteiger partial charge in [-0.05, 0) is 12.1 Å². The third kappa shape index (κ3) is 4.77. The lowest BCUT2D eigenvalue weighted by molar-refractivity contribution is 0.101. The molecule has 0 aliphatic carbocycles. The first-order valence-corrected chi connectivity index (χ1v) is 11.6. The molecule has 0 saturated carbocycles. The predicted molar refractivity (Wildman–Crippen MR) is 100 cm³/mol. The highest BCUT2D eigenvalue weighted by Gasteiger charge is 2.35. The van der Waals surface area contributed by atoms with E-state index in [-0.39, 0.29) is 28.6 Å². The summed E-state index contributed by atoms with van der Waals surface area (Å²) in [4.78, 5) is 12.3. The predicted octanol–water partition coefficient (Wildman–Crippen LogP) is 0.571. The van der Waals surface area contributed by atoms with Crippen molar-refractivity contribution in [1.29, 1.82) is 0 Å². The zero-order valence-electron chi connectivity index (χ0n) is 15.7. The van der Waals surface area contributed by atoms with Gasteiger partial charge in [0.25, 0.3) is 16.0 Å². The van der Waals surface area contributed by atoms with Crippen LogP contribution < -0.4 is 14.8 Å². The Labute approximate surface area is 171 Å². The largest absolute Gasteiger partial charge is 0.488 e. The molecule has 0 radical (unpaired) electrons. The number of nitrogens with zero attached hydrogens (tertiary/aromatic N) is 1. The number of ether oxygens (including phenoxy) is 1. The molecule has 0 saturated heterocycles. The Kier molecular flexibility index (Phi) is 5.86. The number of rotatable bonds is 5. The molecule has 14 heteroatoms. The monoisotopic (exact) mass is 465 g/mol. The van der Waals surface area contributed by atoms with Gasteiger partial charge in [-0.15, -0.1) is 0 Å². The fourth-order valence-electron chi connectivity index (χ4n) is 2.72. The second-order valence-corrected chi connectivity index (χ2v) is 9.81. The van der Waals surface area contributed by atoms with E-state index >= 15 is 0 Å². The summed E-state index contributed by atoms with van der Waals surface area (Å²) in [6, 6.07) is 1.69. The fourth-order valence-corrected chi connectivity index (χ4v) is 4.53. The standard InChI is InChI=1S/C16H17F2N3O7S2/c1-21-6-13-15(14(21)16(22)19-9-3-4-11(17)12(18)5-9)27-7-10(20-30(13,25)26)8-28-29(2,23)24/h3-6,10,20H,7-8H2,1-2H3,(H,19,22). The van der Waals surface area contributed by atoms with Crippen molar-refractivity contribution in [2.75, 3.05) is 24.8 Å². The van der Waals surface area contributed by atoms with E-state index in [1.165, 1.54) is 11.6 Å². The number of fused-ring (bicyclic) bond motifs is 1. The number of hydrogen-bond donors (Lipinski definition) is 2. The van der Waals surface area contributed by atoms with Gasteiger partial charge in [0, 0.05) is 25.0 Å². The normalized spacial score (nSPS) is 18.2. The number of aryl methyl sites for hydroxylation is 1. The first-order valence-electron chi connectivity index (χ1n) is 8.32. The third-order valence-electron chi connectivity index (χ3n) is 4.02. The number of anilines is 1. The molecule has 3 rings (SSSR count). The van der Waals surface area contributed by atoms with E-state index in [4.69, 9.17) is 4.74 Å². The Morgan fingerprint density at radius 3 is 2.70 bits per heavy atom. The second-order valence-electron chi connectivity index (χ2n) is 6.48. The quantitative estimate of drug-likeness (QED) is 0.617. The molecule has 1 aliphatic heterocycles. The molecule has 0 spiro atoms. The Bertz CT molecular complexity index is 1210. The molecule has 0 fully saturated rings. The number of carbonyl (C=O) groups is 1. The van der Waals surface area contributed by atoms with Gasteiger partial charge in [-0.1, -0.05) is 0 Å². The van der Waals surface area contributed by atoms with Crippen LogP contribution in [-0.4, -0.2) is 52.8 Å². The van der Waals surface area contributed by atoms with E-state index in [2.05, 4.69) is 14.2 Å².